The second-order valence-electron chi connectivity index (χ2n) is 23.2. The molecule has 15 aromatic carbocycles. The van der Waals surface area contributed by atoms with Gasteiger partial charge in [0.15, 0.2) is 0 Å². The molecule has 0 atom stereocenters. The Balaban J connectivity index is 1.34. The van der Waals surface area contributed by atoms with Crippen molar-refractivity contribution in [1.82, 2.24) is 0 Å². The van der Waals surface area contributed by atoms with Crippen molar-refractivity contribution in [2.75, 3.05) is 0 Å². The first-order chi connectivity index (χ1) is 45.2. The van der Waals surface area contributed by atoms with Crippen LogP contribution in [-0.2, 0) is 0 Å². The highest BCUT2D eigenvalue weighted by Crippen LogP contribution is 2.48. The molecule has 0 bridgehead atoms. The quantitative estimate of drug-likeness (QED) is 0.0898. The van der Waals surface area contributed by atoms with E-state index in [1.54, 1.807) is 0 Å². The first-order valence-electron chi connectivity index (χ1n) is 31.5. The van der Waals surface area contributed by atoms with Gasteiger partial charge < -0.3 is 0 Å². The fourth-order valence-corrected chi connectivity index (χ4v) is 14.0. The fourth-order valence-electron chi connectivity index (χ4n) is 14.0. The molecule has 0 fully saturated rings. The maximum atomic E-state index is 2.51. The van der Waals surface area contributed by atoms with Gasteiger partial charge >= 0.3 is 0 Å². The Hall–Kier alpha value is -11.6. The molecular weight excluding hydrogens is 1090 g/mol. The van der Waals surface area contributed by atoms with Gasteiger partial charge in [-0.1, -0.05) is 380 Å². The highest BCUT2D eigenvalue weighted by Gasteiger charge is 2.42. The van der Waals surface area contributed by atoms with Crippen LogP contribution in [0.4, 0.5) is 0 Å². The largest absolute Gasteiger partial charge is 0.246 e. The maximum absolute atomic E-state index is 2.51. The summed E-state index contributed by atoms with van der Waals surface area (Å²) in [4.78, 5) is 0. The van der Waals surface area contributed by atoms with Crippen molar-refractivity contribution in [1.29, 1.82) is 0 Å². The van der Waals surface area contributed by atoms with Crippen LogP contribution in [0, 0.1) is 0 Å². The molecule has 0 spiro atoms. The molecule has 0 aliphatic heterocycles. The van der Waals surface area contributed by atoms with Gasteiger partial charge in [-0.2, -0.15) is 0 Å². The molecule has 91 heavy (non-hydrogen) atoms. The van der Waals surface area contributed by atoms with Crippen LogP contribution in [0.25, 0.3) is 134 Å². The third-order valence-corrected chi connectivity index (χ3v) is 17.8. The molecular formula is C90H63B. The SMILES string of the molecule is c1ccc(-c2cc(-c3ccccc3)c(-c3ccccc3)c(B(c3c(-c4ccccc4)c(-c4ccccc4)cc(-c4ccccc4)c3-c3ccccc3)c3c(-c4ccccc4)c(-c4ccccc4)cc(-c4ccccc4)c3-c3ccccc3)c2-c2ccccc2)cc1. The Kier molecular flexibility index (Phi) is 15.7. The summed E-state index contributed by atoms with van der Waals surface area (Å²) in [6, 6.07) is 142. The van der Waals surface area contributed by atoms with Crippen molar-refractivity contribution in [2.45, 2.75) is 0 Å². The molecule has 426 valence electrons. The van der Waals surface area contributed by atoms with Crippen LogP contribution in [0.3, 0.4) is 0 Å². The van der Waals surface area contributed by atoms with Crippen LogP contribution < -0.4 is 16.4 Å². The smallest absolute Gasteiger partial charge is 0.0622 e. The first kappa shape index (κ1) is 55.9. The zero-order valence-electron chi connectivity index (χ0n) is 50.5. The zero-order chi connectivity index (χ0) is 60.7. The summed E-state index contributed by atoms with van der Waals surface area (Å²) >= 11 is 0. The van der Waals surface area contributed by atoms with Crippen LogP contribution in [-0.4, -0.2) is 6.71 Å². The highest BCUT2D eigenvalue weighted by atomic mass is 14.3. The van der Waals surface area contributed by atoms with Crippen LogP contribution >= 0.6 is 0 Å². The minimum atomic E-state index is -0.621. The van der Waals surface area contributed by atoms with Gasteiger partial charge in [0.25, 0.3) is 0 Å². The van der Waals surface area contributed by atoms with Gasteiger partial charge in [-0.05, 0) is 152 Å². The van der Waals surface area contributed by atoms with Gasteiger partial charge in [-0.25, -0.2) is 0 Å². The molecule has 0 radical (unpaired) electrons. The van der Waals surface area contributed by atoms with E-state index in [4.69, 9.17) is 0 Å². The van der Waals surface area contributed by atoms with Crippen LogP contribution in [0.5, 0.6) is 0 Å². The topological polar surface area (TPSA) is 0 Å². The molecule has 0 nitrogen and oxygen atoms in total. The van der Waals surface area contributed by atoms with E-state index in [0.29, 0.717) is 0 Å². The standard InChI is InChI=1S/C90H63B/c1-13-37-64(38-14-1)76-61-77(65-39-15-2-16-40-65)83(71-51-27-8-28-52-71)88(82(76)70-49-25-7-26-50-70)91(89-84(72-53-29-9-30-54-72)78(66-41-17-3-18-42-66)62-79(67-43-19-4-20-44-67)85(89)73-55-31-10-32-56-73)90-86(74-57-33-11-34-58-74)80(68-45-21-5-22-46-68)63-81(69-47-23-6-24-48-69)87(90)75-59-35-12-36-60-75/h1-63H. The summed E-state index contributed by atoms with van der Waals surface area (Å²) in [6.07, 6.45) is 0. The Morgan fingerprint density at radius 1 is 0.121 bits per heavy atom. The predicted molar refractivity (Wildman–Crippen MR) is 389 cm³/mol. The fraction of sp³-hybridized carbons (Fsp3) is 0. The van der Waals surface area contributed by atoms with Gasteiger partial charge in [0, 0.05) is 0 Å². The minimum absolute atomic E-state index is 0.621. The van der Waals surface area contributed by atoms with Gasteiger partial charge in [-0.3, -0.25) is 0 Å². The average molecular weight is 1160 g/mol. The minimum Gasteiger partial charge on any atom is -0.0622 e. The highest BCUT2D eigenvalue weighted by molar-refractivity contribution is 7.01. The molecule has 0 amide bonds. The lowest BCUT2D eigenvalue weighted by atomic mass is 9.31. The third kappa shape index (κ3) is 10.9. The van der Waals surface area contributed by atoms with Crippen molar-refractivity contribution in [2.24, 2.45) is 0 Å². The second-order valence-corrected chi connectivity index (χ2v) is 23.2. The molecule has 15 rings (SSSR count). The Bertz CT molecular complexity index is 4120. The summed E-state index contributed by atoms with van der Waals surface area (Å²) in [6.45, 7) is -0.621. The molecule has 0 aliphatic carbocycles. The summed E-state index contributed by atoms with van der Waals surface area (Å²) < 4.78 is 0. The first-order valence-corrected chi connectivity index (χ1v) is 31.5. The monoisotopic (exact) mass is 1150 g/mol. The number of hydrogen-bond donors (Lipinski definition) is 0. The van der Waals surface area contributed by atoms with Crippen LogP contribution in [0.15, 0.2) is 382 Å². The van der Waals surface area contributed by atoms with Gasteiger partial charge in [0.05, 0.1) is 0 Å². The van der Waals surface area contributed by atoms with E-state index in [0.717, 1.165) is 134 Å². The molecule has 0 N–H and O–H groups in total. The molecule has 15 aromatic rings. The lowest BCUT2D eigenvalue weighted by molar-refractivity contribution is 1.54. The number of rotatable bonds is 15. The Morgan fingerprint density at radius 2 is 0.231 bits per heavy atom. The third-order valence-electron chi connectivity index (χ3n) is 17.8. The van der Waals surface area contributed by atoms with Crippen molar-refractivity contribution in [3.63, 3.8) is 0 Å². The van der Waals surface area contributed by atoms with E-state index in [1.807, 2.05) is 0 Å². The lowest BCUT2D eigenvalue weighted by Gasteiger charge is -2.35. The Labute approximate surface area is 535 Å². The number of benzene rings is 15. The Morgan fingerprint density at radius 3 is 0.352 bits per heavy atom. The average Bonchev–Trinajstić information content (AvgIpc) is 0.706. The lowest BCUT2D eigenvalue weighted by Crippen LogP contribution is -2.57. The van der Waals surface area contributed by atoms with Crippen molar-refractivity contribution >= 4 is 23.1 Å². The summed E-state index contributed by atoms with van der Waals surface area (Å²) in [5.41, 5.74) is 30.8. The van der Waals surface area contributed by atoms with Gasteiger partial charge in [0.1, 0.15) is 0 Å². The number of hydrogen-bond acceptors (Lipinski definition) is 0. The zero-order valence-corrected chi connectivity index (χ0v) is 50.5. The van der Waals surface area contributed by atoms with Gasteiger partial charge in [-0.15, -0.1) is 0 Å². The molecule has 0 aliphatic rings. The van der Waals surface area contributed by atoms with E-state index in [1.165, 1.54) is 16.4 Å². The molecule has 0 saturated carbocycles. The molecule has 0 heterocycles. The molecule has 1 heteroatoms. The normalized spacial score (nSPS) is 11.1. The molecule has 0 aromatic heterocycles. The van der Waals surface area contributed by atoms with Crippen molar-refractivity contribution in [3.05, 3.63) is 382 Å². The van der Waals surface area contributed by atoms with Crippen molar-refractivity contribution < 1.29 is 0 Å². The summed E-state index contributed by atoms with van der Waals surface area (Å²) in [7, 11) is 0. The van der Waals surface area contributed by atoms with Crippen LogP contribution in [0.1, 0.15) is 0 Å². The van der Waals surface area contributed by atoms with E-state index in [9.17, 15) is 0 Å². The van der Waals surface area contributed by atoms with E-state index < -0.39 is 6.71 Å². The second kappa shape index (κ2) is 25.6. The summed E-state index contributed by atoms with van der Waals surface area (Å²) in [5.74, 6) is 0. The molecule has 0 unspecified atom stereocenters. The summed E-state index contributed by atoms with van der Waals surface area (Å²) in [5, 5.41) is 0. The van der Waals surface area contributed by atoms with E-state index in [-0.39, 0.29) is 0 Å². The predicted octanol–water partition coefficient (Wildman–Crippen LogP) is 22.2. The van der Waals surface area contributed by atoms with E-state index in [2.05, 4.69) is 382 Å². The van der Waals surface area contributed by atoms with Crippen LogP contribution in [0.2, 0.25) is 0 Å². The van der Waals surface area contributed by atoms with E-state index >= 15 is 0 Å². The molecule has 0 saturated heterocycles. The maximum Gasteiger partial charge on any atom is 0.246 e. The van der Waals surface area contributed by atoms with Crippen molar-refractivity contribution in [3.8, 4) is 134 Å². The van der Waals surface area contributed by atoms with Gasteiger partial charge in [0.2, 0.25) is 6.71 Å².